The molecule has 50 heteroatoms. The van der Waals surface area contributed by atoms with Crippen LogP contribution in [0.3, 0.4) is 0 Å². The van der Waals surface area contributed by atoms with Crippen molar-refractivity contribution in [1.82, 2.24) is 0 Å². The van der Waals surface area contributed by atoms with Gasteiger partial charge in [-0.2, -0.15) is 35.1 Å². The number of aliphatic hydroxyl groups is 2. The number of hydrogen-bond donors (Lipinski definition) is 2. The van der Waals surface area contributed by atoms with Crippen LogP contribution in [0.25, 0.3) is 0 Å². The summed E-state index contributed by atoms with van der Waals surface area (Å²) in [5.41, 5.74) is 0. The van der Waals surface area contributed by atoms with Crippen molar-refractivity contribution in [3.63, 3.8) is 0 Å². The molecule has 876 valence electrons. The van der Waals surface area contributed by atoms with Gasteiger partial charge in [-0.25, -0.2) is 22.4 Å². The zero-order valence-electron chi connectivity index (χ0n) is 91.4. The van der Waals surface area contributed by atoms with E-state index in [1.165, 1.54) is 88.5 Å². The average Bonchev–Trinajstić information content (AvgIpc) is 0.957. The highest BCUT2D eigenvalue weighted by Crippen LogP contribution is 2.20. The minimum absolute atomic E-state index is 0.0231. The van der Waals surface area contributed by atoms with E-state index in [9.17, 15) is 110 Å². The van der Waals surface area contributed by atoms with E-state index in [1.807, 2.05) is 41.5 Å². The lowest BCUT2D eigenvalue weighted by atomic mass is 10.1. The van der Waals surface area contributed by atoms with E-state index in [0.29, 0.717) is 99.7 Å². The molecule has 38 nitrogen and oxygen atoms in total. The third-order valence-electron chi connectivity index (χ3n) is 14.5. The van der Waals surface area contributed by atoms with Crippen molar-refractivity contribution in [3.8, 4) is 0 Å². The smallest absolute Gasteiger partial charge is 0.353 e. The fourth-order valence-corrected chi connectivity index (χ4v) is 8.08. The predicted molar refractivity (Wildman–Crippen MR) is 512 cm³/mol. The molecule has 0 bridgehead atoms. The highest BCUT2D eigenvalue weighted by Gasteiger charge is 2.27. The molecule has 0 aromatic heterocycles. The van der Waals surface area contributed by atoms with Gasteiger partial charge in [-0.3, -0.25) is 52.7 Å². The van der Waals surface area contributed by atoms with E-state index in [2.05, 4.69) is 70.7 Å². The fraction of sp³-hybridized carbons (Fsp3) is 0.875. The van der Waals surface area contributed by atoms with E-state index in [4.69, 9.17) is 67.1 Å². The molecule has 3 atom stereocenters. The van der Waals surface area contributed by atoms with Crippen LogP contribution in [0.5, 0.6) is 0 Å². The van der Waals surface area contributed by atoms with Crippen LogP contribution in [-0.2, 0) is 171 Å². The average molecular weight is 2170 g/mol. The van der Waals surface area contributed by atoms with Gasteiger partial charge >= 0.3 is 96.1 Å². The minimum atomic E-state index is -3.28. The Balaban J connectivity index is -0.000000134. The molecule has 0 saturated carbocycles. The van der Waals surface area contributed by atoms with Gasteiger partial charge in [0.15, 0.2) is 6.29 Å². The Hall–Kier alpha value is -7.76. The van der Waals surface area contributed by atoms with E-state index < -0.39 is 104 Å². The summed E-state index contributed by atoms with van der Waals surface area (Å²) in [4.78, 5) is 124. The summed E-state index contributed by atoms with van der Waals surface area (Å²) >= 11 is 0. The maximum absolute atomic E-state index is 12.2. The molecule has 0 spiro atoms. The summed E-state index contributed by atoms with van der Waals surface area (Å²) in [5, 5.41) is 17.9. The summed E-state index contributed by atoms with van der Waals surface area (Å²) in [5.74, 6) is -9.04. The first-order chi connectivity index (χ1) is 67.7. The van der Waals surface area contributed by atoms with Crippen molar-refractivity contribution in [3.05, 3.63) is 0 Å². The molecule has 0 aliphatic carbocycles. The molecular weight excluding hydrogens is 1990 g/mol. The van der Waals surface area contributed by atoms with Crippen molar-refractivity contribution in [2.75, 3.05) is 198 Å². The lowest BCUT2D eigenvalue weighted by Gasteiger charge is -2.14. The summed E-state index contributed by atoms with van der Waals surface area (Å²) in [7, 11) is 0. The second-order valence-electron chi connectivity index (χ2n) is 30.8. The van der Waals surface area contributed by atoms with Crippen LogP contribution in [-0.4, -0.2) is 335 Å². The van der Waals surface area contributed by atoms with Crippen LogP contribution in [0.2, 0.25) is 0 Å². The number of ether oxygens (including phenoxy) is 24. The van der Waals surface area contributed by atoms with Crippen molar-refractivity contribution in [2.45, 2.75) is 350 Å². The van der Waals surface area contributed by atoms with E-state index in [-0.39, 0.29) is 128 Å². The lowest BCUT2D eigenvalue weighted by Crippen LogP contribution is -2.28. The first-order valence-electron chi connectivity index (χ1n) is 48.2. The van der Waals surface area contributed by atoms with Crippen LogP contribution in [0.15, 0.2) is 0 Å². The normalized spacial score (nSPS) is 11.3. The minimum Gasteiger partial charge on any atom is -0.466 e. The molecule has 2 N–H and O–H groups in total. The second kappa shape index (κ2) is 116. The zero-order valence-corrected chi connectivity index (χ0v) is 91.4. The third-order valence-corrected chi connectivity index (χ3v) is 14.5. The van der Waals surface area contributed by atoms with Crippen LogP contribution >= 0.6 is 0 Å². The Kier molecular flexibility index (Phi) is 130. The maximum atomic E-state index is 12.2. The van der Waals surface area contributed by atoms with Crippen molar-refractivity contribution in [2.24, 2.45) is 5.92 Å². The number of carbonyl (C=O) groups excluding carboxylic acids is 12. The molecule has 146 heavy (non-hydrogen) atoms. The van der Waals surface area contributed by atoms with Crippen LogP contribution < -0.4 is 0 Å². The van der Waals surface area contributed by atoms with Crippen molar-refractivity contribution >= 4 is 71.6 Å². The molecular formula is C96H180F12O38. The number of alkyl halides is 12. The summed E-state index contributed by atoms with van der Waals surface area (Å²) < 4.78 is 256. The highest BCUT2D eigenvalue weighted by molar-refractivity contribution is 5.71. The molecule has 0 aliphatic heterocycles. The predicted octanol–water partition coefficient (Wildman–Crippen LogP) is 17.4. The summed E-state index contributed by atoms with van der Waals surface area (Å²) in [6, 6.07) is 0. The van der Waals surface area contributed by atoms with Gasteiger partial charge in [-0.1, -0.05) is 46.0 Å². The number of hydrogen-bond acceptors (Lipinski definition) is 38. The van der Waals surface area contributed by atoms with Crippen LogP contribution in [0.4, 0.5) is 52.7 Å². The monoisotopic (exact) mass is 2170 g/mol. The maximum Gasteiger partial charge on any atom is 0.353 e. The molecule has 0 rings (SSSR count). The lowest BCUT2D eigenvalue weighted by molar-refractivity contribution is -0.237. The van der Waals surface area contributed by atoms with E-state index in [0.717, 1.165) is 151 Å². The standard InChI is InChI=1S/C12H24O3.2C10H20O3.2C8H14F2O3.C8H16O3.2C7H12F2O4.C7H12F2O3.C7H14O3.C6H10F2O3.C6H12O3/c1-3-14-10-8-6-4-5-7-9-11-15-12(2)13;1-4-12-8-10(11)13-7-5-6-9(2)3;1-3-12-8-6-4-5-7-9-13-10(2)11;1-6(11)13-7(2)12-5-4-8(3,9)10;1-7(11)13-6-5-12-4-3-8(2,9)10;1-3-10-6-4-5-7-11-8(2)9;2*1-5(10)12-3-6(11)4-13-7(2,8)9;1-6(10)11-4-3-5-12-7(2,8)9;1-3-9-5-4-6-10-7(2)8;1-5(9)10-3-4-11-6(2,7)8;1-3-8-4-5-9-6(2)7/h3-11H2,1-2H3;9H,4-8H2,1-3H3;3-9H2,1-2H3;7H,4-5H2,1-3H3;3-6H2,1-2H3;3-7H2,1-2H3;2*6,11H,3-4H2,1-2H3;3-5H2,1-2H3;3-6H2,1-2H3;3-4H2,1-2H3;3-5H2,1-2H3. The molecule has 0 amide bonds. The van der Waals surface area contributed by atoms with Crippen LogP contribution in [0, 0.1) is 5.92 Å². The molecule has 0 aromatic carbocycles. The van der Waals surface area contributed by atoms with Gasteiger partial charge in [0, 0.05) is 196 Å². The Bertz CT molecular complexity index is 2940. The van der Waals surface area contributed by atoms with Crippen molar-refractivity contribution in [1.29, 1.82) is 0 Å². The van der Waals surface area contributed by atoms with Gasteiger partial charge in [0.1, 0.15) is 51.8 Å². The van der Waals surface area contributed by atoms with Gasteiger partial charge < -0.3 is 124 Å². The van der Waals surface area contributed by atoms with E-state index in [1.54, 1.807) is 0 Å². The number of esters is 12. The molecule has 0 radical (unpaired) electrons. The van der Waals surface area contributed by atoms with Gasteiger partial charge in [0.25, 0.3) is 0 Å². The first kappa shape index (κ1) is 163. The zero-order chi connectivity index (χ0) is 115. The topological polar surface area (TPSA) is 467 Å². The highest BCUT2D eigenvalue weighted by atomic mass is 19.3. The second-order valence-corrected chi connectivity index (χ2v) is 30.8. The molecule has 0 heterocycles. The first-order valence-corrected chi connectivity index (χ1v) is 48.2. The summed E-state index contributed by atoms with van der Waals surface area (Å²) in [6.07, 6.45) is -0.394. The molecule has 0 aromatic rings. The van der Waals surface area contributed by atoms with Gasteiger partial charge in [0.2, 0.25) is 11.8 Å². The van der Waals surface area contributed by atoms with Crippen LogP contribution in [0.1, 0.15) is 296 Å². The van der Waals surface area contributed by atoms with E-state index >= 15 is 0 Å². The number of unbranched alkanes of at least 4 members (excludes halogenated alkanes) is 9. The molecule has 3 unspecified atom stereocenters. The number of rotatable bonds is 70. The largest absolute Gasteiger partial charge is 0.466 e. The number of carbonyl (C=O) groups is 12. The van der Waals surface area contributed by atoms with Gasteiger partial charge in [0.05, 0.1) is 92.5 Å². The Labute approximate surface area is 857 Å². The third kappa shape index (κ3) is 221. The SMILES string of the molecule is CC(=O)OC(C)OCCC(C)(F)F.CC(=O)OCC(O)COC(C)(F)F.CC(=O)OCC(O)COC(C)(F)F.CC(=O)OCCCOC(C)(F)F.CC(=O)OCCOC(C)(F)F.CC(=O)OCCOCCC(C)(F)F.CCOCC(=O)OCCCC(C)C.CCOCCCCCCCCOC(C)=O.CCOCCCCCCOC(C)=O.CCOCCCCOC(C)=O.CCOCCCOC(C)=O.CCOCCOC(C)=O. The molecule has 0 aliphatic rings. The summed E-state index contributed by atoms with van der Waals surface area (Å²) in [6.45, 7) is 44.9. The molecule has 0 saturated heterocycles. The Morgan fingerprint density at radius 2 is 0.486 bits per heavy atom. The number of halogens is 12. The Morgan fingerprint density at radius 3 is 0.788 bits per heavy atom. The van der Waals surface area contributed by atoms with Gasteiger partial charge in [-0.15, -0.1) is 0 Å². The molecule has 0 fully saturated rings. The van der Waals surface area contributed by atoms with Gasteiger partial charge in [-0.05, 0) is 126 Å². The van der Waals surface area contributed by atoms with Crippen molar-refractivity contribution < 1.29 is 234 Å². The fourth-order valence-electron chi connectivity index (χ4n) is 8.08. The number of aliphatic hydroxyl groups excluding tert-OH is 2. The quantitative estimate of drug-likeness (QED) is 0.0188. The Morgan fingerprint density at radius 1 is 0.240 bits per heavy atom.